The zero-order valence-corrected chi connectivity index (χ0v) is 7.93. The van der Waals surface area contributed by atoms with E-state index in [1.807, 2.05) is 12.2 Å². The van der Waals surface area contributed by atoms with E-state index in [4.69, 9.17) is 0 Å². The van der Waals surface area contributed by atoms with E-state index < -0.39 is 0 Å². The molecule has 2 aliphatic rings. The van der Waals surface area contributed by atoms with Gasteiger partial charge in [0, 0.05) is 0 Å². The van der Waals surface area contributed by atoms with Crippen LogP contribution in [0, 0.1) is 0 Å². The summed E-state index contributed by atoms with van der Waals surface area (Å²) in [6.45, 7) is 0. The average Bonchev–Trinajstić information content (AvgIpc) is 2.86. The fraction of sp³-hybridized carbons (Fsp3) is 0.167. The molecule has 2 nitrogen and oxygen atoms in total. The number of allylic oxidation sites excluding steroid dienone is 8. The fourth-order valence-electron chi connectivity index (χ4n) is 1.34. The summed E-state index contributed by atoms with van der Waals surface area (Å²) >= 11 is 0. The molecule has 0 heterocycles. The smallest absolute Gasteiger partial charge is 0.0564 e. The first-order valence-electron chi connectivity index (χ1n) is 4.74. The van der Waals surface area contributed by atoms with Crippen molar-refractivity contribution in [2.24, 2.45) is 10.2 Å². The van der Waals surface area contributed by atoms with Gasteiger partial charge in [-0.2, -0.15) is 10.2 Å². The van der Waals surface area contributed by atoms with Crippen LogP contribution in [0.15, 0.2) is 57.8 Å². The third kappa shape index (κ3) is 2.39. The molecule has 0 aromatic heterocycles. The lowest BCUT2D eigenvalue weighted by Crippen LogP contribution is -1.79. The van der Waals surface area contributed by atoms with Gasteiger partial charge < -0.3 is 0 Å². The number of hydrogen-bond donors (Lipinski definition) is 0. The summed E-state index contributed by atoms with van der Waals surface area (Å²) in [4.78, 5) is 0. The minimum absolute atomic E-state index is 0.974. The molecule has 0 atom stereocenters. The molecule has 0 fully saturated rings. The monoisotopic (exact) mass is 184 g/mol. The molecule has 0 aliphatic heterocycles. The van der Waals surface area contributed by atoms with E-state index in [1.165, 1.54) is 5.57 Å². The molecule has 0 radical (unpaired) electrons. The van der Waals surface area contributed by atoms with E-state index in [1.54, 1.807) is 12.4 Å². The molecule has 0 N–H and O–H groups in total. The molecule has 0 spiro atoms. The first-order valence-corrected chi connectivity index (χ1v) is 4.74. The molecule has 0 saturated carbocycles. The summed E-state index contributed by atoms with van der Waals surface area (Å²) in [5, 5.41) is 7.95. The average molecular weight is 184 g/mol. The minimum atomic E-state index is 0.974. The van der Waals surface area contributed by atoms with Gasteiger partial charge >= 0.3 is 0 Å². The zero-order chi connectivity index (χ0) is 9.64. The van der Waals surface area contributed by atoms with Gasteiger partial charge in [0.2, 0.25) is 0 Å². The maximum atomic E-state index is 3.98. The third-order valence-corrected chi connectivity index (χ3v) is 2.10. The molecule has 14 heavy (non-hydrogen) atoms. The van der Waals surface area contributed by atoms with Crippen LogP contribution in [-0.4, -0.2) is 12.4 Å². The van der Waals surface area contributed by atoms with Crippen molar-refractivity contribution in [1.82, 2.24) is 0 Å². The third-order valence-electron chi connectivity index (χ3n) is 2.10. The van der Waals surface area contributed by atoms with Crippen molar-refractivity contribution in [2.45, 2.75) is 12.8 Å². The Morgan fingerprint density at radius 2 is 2.07 bits per heavy atom. The lowest BCUT2D eigenvalue weighted by atomic mass is 10.3. The molecular formula is C12H12N2. The van der Waals surface area contributed by atoms with E-state index >= 15 is 0 Å². The Hall–Kier alpha value is -1.70. The fourth-order valence-corrected chi connectivity index (χ4v) is 1.34. The predicted octanol–water partition coefficient (Wildman–Crippen LogP) is 2.82. The van der Waals surface area contributed by atoms with Gasteiger partial charge in [-0.1, -0.05) is 36.5 Å². The van der Waals surface area contributed by atoms with Crippen LogP contribution >= 0.6 is 0 Å². The highest BCUT2D eigenvalue weighted by atomic mass is 15.2. The maximum Gasteiger partial charge on any atom is 0.0564 e. The Labute approximate surface area is 83.7 Å². The van der Waals surface area contributed by atoms with Gasteiger partial charge in [0.1, 0.15) is 0 Å². The van der Waals surface area contributed by atoms with Crippen LogP contribution in [-0.2, 0) is 0 Å². The lowest BCUT2D eigenvalue weighted by Gasteiger charge is -1.86. The summed E-state index contributed by atoms with van der Waals surface area (Å²) in [5.41, 5.74) is 2.35. The Bertz CT molecular complexity index is 379. The summed E-state index contributed by atoms with van der Waals surface area (Å²) in [5.74, 6) is 0. The molecule has 0 aromatic carbocycles. The van der Waals surface area contributed by atoms with Crippen LogP contribution in [0.4, 0.5) is 0 Å². The number of nitrogens with zero attached hydrogens (tertiary/aromatic N) is 2. The minimum Gasteiger partial charge on any atom is -0.159 e. The summed E-state index contributed by atoms with van der Waals surface area (Å²) in [7, 11) is 0. The molecule has 2 rings (SSSR count). The van der Waals surface area contributed by atoms with Crippen molar-refractivity contribution >= 4 is 12.4 Å². The zero-order valence-electron chi connectivity index (χ0n) is 7.93. The van der Waals surface area contributed by atoms with Gasteiger partial charge in [-0.3, -0.25) is 0 Å². The molecule has 0 saturated heterocycles. The molecule has 2 aliphatic carbocycles. The number of hydrogen-bond acceptors (Lipinski definition) is 2. The highest BCUT2D eigenvalue weighted by molar-refractivity contribution is 5.85. The second kappa shape index (κ2) is 4.51. The Kier molecular flexibility index (Phi) is 2.86. The second-order valence-electron chi connectivity index (χ2n) is 3.21. The van der Waals surface area contributed by atoms with E-state index in [0.717, 1.165) is 18.4 Å². The molecule has 0 aromatic rings. The van der Waals surface area contributed by atoms with E-state index in [2.05, 4.69) is 34.5 Å². The maximum absolute atomic E-state index is 3.98. The van der Waals surface area contributed by atoms with Crippen molar-refractivity contribution in [3.05, 3.63) is 47.6 Å². The van der Waals surface area contributed by atoms with Crippen LogP contribution in [0.1, 0.15) is 12.8 Å². The lowest BCUT2D eigenvalue weighted by molar-refractivity contribution is 1.25. The van der Waals surface area contributed by atoms with Crippen molar-refractivity contribution < 1.29 is 0 Å². The van der Waals surface area contributed by atoms with Gasteiger partial charge in [0.25, 0.3) is 0 Å². The quantitative estimate of drug-likeness (QED) is 0.476. The molecular weight excluding hydrogens is 172 g/mol. The van der Waals surface area contributed by atoms with Crippen molar-refractivity contribution in [3.63, 3.8) is 0 Å². The normalized spacial score (nSPS) is 20.0. The SMILES string of the molecule is C1=CCC(/C=N/N=C/C2=CCC=C2)=C1. The largest absolute Gasteiger partial charge is 0.159 e. The van der Waals surface area contributed by atoms with Gasteiger partial charge in [-0.15, -0.1) is 0 Å². The van der Waals surface area contributed by atoms with Crippen molar-refractivity contribution in [1.29, 1.82) is 0 Å². The van der Waals surface area contributed by atoms with Crippen molar-refractivity contribution in [3.8, 4) is 0 Å². The molecule has 0 amide bonds. The predicted molar refractivity (Wildman–Crippen MR) is 60.7 cm³/mol. The highest BCUT2D eigenvalue weighted by Gasteiger charge is 1.93. The van der Waals surface area contributed by atoms with Gasteiger partial charge in [0.15, 0.2) is 0 Å². The second-order valence-corrected chi connectivity index (χ2v) is 3.21. The number of rotatable bonds is 3. The van der Waals surface area contributed by atoms with Crippen LogP contribution in [0.3, 0.4) is 0 Å². The van der Waals surface area contributed by atoms with Crippen LogP contribution in [0.5, 0.6) is 0 Å². The van der Waals surface area contributed by atoms with E-state index in [-0.39, 0.29) is 0 Å². The topological polar surface area (TPSA) is 24.7 Å². The molecule has 70 valence electrons. The Morgan fingerprint density at radius 3 is 2.79 bits per heavy atom. The molecule has 2 heteroatoms. The first kappa shape index (κ1) is 8.88. The first-order chi connectivity index (χ1) is 6.95. The summed E-state index contributed by atoms with van der Waals surface area (Å²) in [6, 6.07) is 0. The van der Waals surface area contributed by atoms with Crippen LogP contribution < -0.4 is 0 Å². The molecule has 0 bridgehead atoms. The van der Waals surface area contributed by atoms with Crippen molar-refractivity contribution in [2.75, 3.05) is 0 Å². The highest BCUT2D eigenvalue weighted by Crippen LogP contribution is 2.08. The van der Waals surface area contributed by atoms with Crippen LogP contribution in [0.25, 0.3) is 0 Å². The Balaban J connectivity index is 1.84. The standard InChI is InChI=1S/C12H12N2/c1-2-6-11(5-1)9-13-14-10-12-7-3-4-8-12/h1-3,5,7-10H,4,6H2/b13-9+,14-10+. The summed E-state index contributed by atoms with van der Waals surface area (Å²) < 4.78 is 0. The summed E-state index contributed by atoms with van der Waals surface area (Å²) in [6.07, 6.45) is 18.0. The van der Waals surface area contributed by atoms with E-state index in [9.17, 15) is 0 Å². The van der Waals surface area contributed by atoms with Gasteiger partial charge in [-0.25, -0.2) is 0 Å². The van der Waals surface area contributed by atoms with Gasteiger partial charge in [-0.05, 0) is 24.0 Å². The Morgan fingerprint density at radius 1 is 1.14 bits per heavy atom. The van der Waals surface area contributed by atoms with Gasteiger partial charge in [0.05, 0.1) is 12.4 Å². The molecule has 0 unspecified atom stereocenters. The van der Waals surface area contributed by atoms with Crippen LogP contribution in [0.2, 0.25) is 0 Å². The van der Waals surface area contributed by atoms with E-state index in [0.29, 0.717) is 0 Å².